The molecular formula is C21H37N7O6. The standard InChI is InChI=1S/C21H37N7O6/c1-3-12(2)17(21(33)34)28-19(31)15(6-4-5-7-22)26-20(32)16(10-29)27-18(30)14(23)8-13-9-24-11-25-13/h9,11-12,14-17,29H,3-8,10,22-23H2,1-2H3,(H,24,25)(H,26,32)(H,27,30)(H,28,31)(H,33,34). The number of nitrogens with zero attached hydrogens (tertiary/aromatic N) is 1. The van der Waals surface area contributed by atoms with Crippen LogP contribution in [0.5, 0.6) is 0 Å². The number of carboxylic acids is 1. The SMILES string of the molecule is CCC(C)C(NC(=O)C(CCCCN)NC(=O)C(CO)NC(=O)C(N)Cc1cnc[nH]1)C(=O)O. The van der Waals surface area contributed by atoms with E-state index in [2.05, 4.69) is 25.9 Å². The average molecular weight is 484 g/mol. The maximum absolute atomic E-state index is 12.8. The molecule has 5 atom stereocenters. The zero-order chi connectivity index (χ0) is 25.7. The van der Waals surface area contributed by atoms with E-state index in [0.29, 0.717) is 31.5 Å². The van der Waals surface area contributed by atoms with Gasteiger partial charge in [-0.2, -0.15) is 0 Å². The van der Waals surface area contributed by atoms with Crippen LogP contribution in [0.1, 0.15) is 45.2 Å². The van der Waals surface area contributed by atoms with Crippen molar-refractivity contribution < 1.29 is 29.4 Å². The number of aromatic amines is 1. The number of aliphatic hydroxyl groups excluding tert-OH is 1. The number of aliphatic hydroxyl groups is 1. The monoisotopic (exact) mass is 483 g/mol. The van der Waals surface area contributed by atoms with E-state index in [1.165, 1.54) is 12.5 Å². The number of carbonyl (C=O) groups is 4. The molecule has 34 heavy (non-hydrogen) atoms. The Morgan fingerprint density at radius 3 is 2.26 bits per heavy atom. The van der Waals surface area contributed by atoms with E-state index >= 15 is 0 Å². The number of amides is 3. The predicted octanol–water partition coefficient (Wildman–Crippen LogP) is -2.01. The summed E-state index contributed by atoms with van der Waals surface area (Å²) >= 11 is 0. The van der Waals surface area contributed by atoms with Crippen molar-refractivity contribution in [1.82, 2.24) is 25.9 Å². The lowest BCUT2D eigenvalue weighted by atomic mass is 9.98. The second kappa shape index (κ2) is 15.0. The summed E-state index contributed by atoms with van der Waals surface area (Å²) in [5.74, 6) is -3.65. The number of aliphatic carboxylic acids is 1. The van der Waals surface area contributed by atoms with Crippen LogP contribution in [-0.4, -0.2) is 81.2 Å². The number of unbranched alkanes of at least 4 members (excludes halogenated alkanes) is 1. The summed E-state index contributed by atoms with van der Waals surface area (Å²) in [7, 11) is 0. The Bertz CT molecular complexity index is 789. The van der Waals surface area contributed by atoms with Gasteiger partial charge in [-0.3, -0.25) is 14.4 Å². The molecule has 0 aliphatic carbocycles. The number of carboxylic acid groups (broad SMARTS) is 1. The Morgan fingerprint density at radius 2 is 1.74 bits per heavy atom. The predicted molar refractivity (Wildman–Crippen MR) is 123 cm³/mol. The number of hydrogen-bond acceptors (Lipinski definition) is 8. The van der Waals surface area contributed by atoms with Gasteiger partial charge in [0.1, 0.15) is 18.1 Å². The lowest BCUT2D eigenvalue weighted by Crippen LogP contribution is -2.58. The summed E-state index contributed by atoms with van der Waals surface area (Å²) in [5.41, 5.74) is 12.0. The molecule has 10 N–H and O–H groups in total. The molecule has 0 fully saturated rings. The molecule has 0 aliphatic heterocycles. The highest BCUT2D eigenvalue weighted by molar-refractivity contribution is 5.94. The first-order valence-electron chi connectivity index (χ1n) is 11.3. The minimum Gasteiger partial charge on any atom is -0.480 e. The van der Waals surface area contributed by atoms with Gasteiger partial charge in [0, 0.05) is 18.3 Å². The number of nitrogens with one attached hydrogen (secondary N) is 4. The molecule has 0 bridgehead atoms. The molecule has 13 heteroatoms. The molecule has 5 unspecified atom stereocenters. The largest absolute Gasteiger partial charge is 0.480 e. The quantitative estimate of drug-likeness (QED) is 0.121. The molecule has 0 radical (unpaired) electrons. The number of carbonyl (C=O) groups excluding carboxylic acids is 3. The van der Waals surface area contributed by atoms with E-state index in [1.54, 1.807) is 13.8 Å². The highest BCUT2D eigenvalue weighted by atomic mass is 16.4. The van der Waals surface area contributed by atoms with E-state index in [9.17, 15) is 29.4 Å². The third-order valence-corrected chi connectivity index (χ3v) is 5.50. The molecule has 0 spiro atoms. The summed E-state index contributed by atoms with van der Waals surface area (Å²) in [6.45, 7) is 3.16. The van der Waals surface area contributed by atoms with Crippen LogP contribution < -0.4 is 27.4 Å². The second-order valence-electron chi connectivity index (χ2n) is 8.19. The van der Waals surface area contributed by atoms with Crippen molar-refractivity contribution in [1.29, 1.82) is 0 Å². The molecule has 13 nitrogen and oxygen atoms in total. The van der Waals surface area contributed by atoms with Gasteiger partial charge in [0.25, 0.3) is 0 Å². The Morgan fingerprint density at radius 1 is 1.09 bits per heavy atom. The van der Waals surface area contributed by atoms with Gasteiger partial charge < -0.3 is 42.6 Å². The van der Waals surface area contributed by atoms with Crippen LogP contribution in [0.3, 0.4) is 0 Å². The van der Waals surface area contributed by atoms with Crippen LogP contribution in [0, 0.1) is 5.92 Å². The Labute approximate surface area is 198 Å². The van der Waals surface area contributed by atoms with Crippen LogP contribution in [0.15, 0.2) is 12.5 Å². The topological polar surface area (TPSA) is 226 Å². The van der Waals surface area contributed by atoms with Gasteiger partial charge in [-0.25, -0.2) is 9.78 Å². The summed E-state index contributed by atoms with van der Waals surface area (Å²) in [4.78, 5) is 56.2. The number of rotatable bonds is 16. The lowest BCUT2D eigenvalue weighted by Gasteiger charge is -2.26. The molecule has 0 aliphatic rings. The van der Waals surface area contributed by atoms with Gasteiger partial charge in [0.2, 0.25) is 17.7 Å². The number of H-pyrrole nitrogens is 1. The molecule has 1 rings (SSSR count). The van der Waals surface area contributed by atoms with Gasteiger partial charge in [-0.1, -0.05) is 20.3 Å². The van der Waals surface area contributed by atoms with Crippen LogP contribution in [0.2, 0.25) is 0 Å². The van der Waals surface area contributed by atoms with Crippen molar-refractivity contribution in [3.8, 4) is 0 Å². The summed E-state index contributed by atoms with van der Waals surface area (Å²) in [6.07, 6.45) is 4.92. The third kappa shape index (κ3) is 9.45. The molecule has 1 heterocycles. The van der Waals surface area contributed by atoms with Crippen molar-refractivity contribution in [2.75, 3.05) is 13.2 Å². The van der Waals surface area contributed by atoms with Gasteiger partial charge in [0.15, 0.2) is 0 Å². The average Bonchev–Trinajstić information content (AvgIpc) is 3.32. The zero-order valence-corrected chi connectivity index (χ0v) is 19.6. The van der Waals surface area contributed by atoms with E-state index in [0.717, 1.165) is 0 Å². The zero-order valence-electron chi connectivity index (χ0n) is 19.6. The molecule has 0 saturated heterocycles. The maximum Gasteiger partial charge on any atom is 0.326 e. The summed E-state index contributed by atoms with van der Waals surface area (Å²) in [6, 6.07) is -4.55. The van der Waals surface area contributed by atoms with E-state index in [1.807, 2.05) is 0 Å². The van der Waals surface area contributed by atoms with E-state index in [4.69, 9.17) is 11.5 Å². The van der Waals surface area contributed by atoms with Gasteiger partial charge in [0.05, 0.1) is 19.0 Å². The lowest BCUT2D eigenvalue weighted by molar-refractivity contribution is -0.144. The molecule has 3 amide bonds. The van der Waals surface area contributed by atoms with E-state index in [-0.39, 0.29) is 18.8 Å². The minimum absolute atomic E-state index is 0.141. The number of hydrogen-bond donors (Lipinski definition) is 8. The fourth-order valence-electron chi connectivity index (χ4n) is 3.17. The van der Waals surface area contributed by atoms with Gasteiger partial charge >= 0.3 is 5.97 Å². The minimum atomic E-state index is -1.35. The summed E-state index contributed by atoms with van der Waals surface area (Å²) < 4.78 is 0. The van der Waals surface area contributed by atoms with E-state index < -0.39 is 54.5 Å². The summed E-state index contributed by atoms with van der Waals surface area (Å²) in [5, 5.41) is 26.4. The first kappa shape index (κ1) is 29.0. The normalized spacial score (nSPS) is 15.4. The third-order valence-electron chi connectivity index (χ3n) is 5.50. The number of nitrogens with two attached hydrogens (primary N) is 2. The smallest absolute Gasteiger partial charge is 0.326 e. The Hall–Kier alpha value is -3.03. The van der Waals surface area contributed by atoms with Gasteiger partial charge in [-0.05, 0) is 31.7 Å². The molecule has 1 aromatic rings. The first-order valence-corrected chi connectivity index (χ1v) is 11.3. The van der Waals surface area contributed by atoms with Crippen molar-refractivity contribution in [3.63, 3.8) is 0 Å². The maximum atomic E-state index is 12.8. The van der Waals surface area contributed by atoms with Crippen LogP contribution >= 0.6 is 0 Å². The van der Waals surface area contributed by atoms with Crippen molar-refractivity contribution in [2.24, 2.45) is 17.4 Å². The number of imidazole rings is 1. The number of aromatic nitrogens is 2. The van der Waals surface area contributed by atoms with Crippen molar-refractivity contribution in [2.45, 2.75) is 70.1 Å². The fourth-order valence-corrected chi connectivity index (χ4v) is 3.17. The Balaban J connectivity index is 2.84. The highest BCUT2D eigenvalue weighted by Crippen LogP contribution is 2.10. The van der Waals surface area contributed by atoms with Crippen molar-refractivity contribution >= 4 is 23.7 Å². The molecule has 192 valence electrons. The van der Waals surface area contributed by atoms with Crippen LogP contribution in [0.4, 0.5) is 0 Å². The molecule has 0 aromatic carbocycles. The van der Waals surface area contributed by atoms with Gasteiger partial charge in [-0.15, -0.1) is 0 Å². The molecular weight excluding hydrogens is 446 g/mol. The second-order valence-corrected chi connectivity index (χ2v) is 8.19. The molecule has 1 aromatic heterocycles. The van der Waals surface area contributed by atoms with Crippen LogP contribution in [-0.2, 0) is 25.6 Å². The fraction of sp³-hybridized carbons (Fsp3) is 0.667. The first-order chi connectivity index (χ1) is 16.1. The Kier molecular flexibility index (Phi) is 12.8. The highest BCUT2D eigenvalue weighted by Gasteiger charge is 2.31. The molecule has 0 saturated carbocycles. The van der Waals surface area contributed by atoms with Crippen LogP contribution in [0.25, 0.3) is 0 Å². The van der Waals surface area contributed by atoms with Crippen molar-refractivity contribution in [3.05, 3.63) is 18.2 Å².